The maximum atomic E-state index is 6.14. The Bertz CT molecular complexity index is 363. The SMILES string of the molecule is CCOCCCNCc1cc(Cl)c(OCC)c(Cl)c1. The summed E-state index contributed by atoms with van der Waals surface area (Å²) in [5.74, 6) is 0.561. The lowest BCUT2D eigenvalue weighted by molar-refractivity contribution is 0.144. The predicted molar refractivity (Wildman–Crippen MR) is 80.4 cm³/mol. The van der Waals surface area contributed by atoms with Gasteiger partial charge in [0.2, 0.25) is 0 Å². The molecule has 0 amide bonds. The van der Waals surface area contributed by atoms with Gasteiger partial charge in [-0.2, -0.15) is 0 Å². The molecule has 5 heteroatoms. The lowest BCUT2D eigenvalue weighted by atomic mass is 10.2. The molecule has 0 fully saturated rings. The van der Waals surface area contributed by atoms with Crippen LogP contribution in [0.5, 0.6) is 5.75 Å². The van der Waals surface area contributed by atoms with Crippen molar-refractivity contribution in [3.63, 3.8) is 0 Å². The zero-order chi connectivity index (χ0) is 14.1. The zero-order valence-corrected chi connectivity index (χ0v) is 13.0. The molecule has 0 bridgehead atoms. The number of hydrogen-bond donors (Lipinski definition) is 1. The van der Waals surface area contributed by atoms with Gasteiger partial charge in [-0.05, 0) is 44.5 Å². The minimum absolute atomic E-state index is 0.550. The van der Waals surface area contributed by atoms with E-state index in [2.05, 4.69) is 5.32 Å². The summed E-state index contributed by atoms with van der Waals surface area (Å²) in [5, 5.41) is 4.44. The van der Waals surface area contributed by atoms with Crippen LogP contribution in [0.3, 0.4) is 0 Å². The molecule has 1 rings (SSSR count). The predicted octanol–water partition coefficient (Wildman–Crippen LogP) is 3.91. The first-order valence-electron chi connectivity index (χ1n) is 6.58. The maximum absolute atomic E-state index is 6.14. The molecular weight excluding hydrogens is 285 g/mol. The summed E-state index contributed by atoms with van der Waals surface area (Å²) in [6, 6.07) is 3.77. The Hall–Kier alpha value is -0.480. The van der Waals surface area contributed by atoms with Crippen molar-refractivity contribution in [2.24, 2.45) is 0 Å². The molecule has 0 saturated carbocycles. The van der Waals surface area contributed by atoms with Crippen molar-refractivity contribution in [3.8, 4) is 5.75 Å². The second-order valence-electron chi connectivity index (χ2n) is 4.05. The van der Waals surface area contributed by atoms with E-state index in [4.69, 9.17) is 32.7 Å². The van der Waals surface area contributed by atoms with Crippen molar-refractivity contribution in [3.05, 3.63) is 27.7 Å². The zero-order valence-electron chi connectivity index (χ0n) is 11.5. The standard InChI is InChI=1S/C14H21Cl2NO2/c1-3-18-7-5-6-17-10-11-8-12(15)14(19-4-2)13(16)9-11/h8-9,17H,3-7,10H2,1-2H3. The third-order valence-corrected chi connectivity index (χ3v) is 3.08. The molecule has 0 unspecified atom stereocenters. The van der Waals surface area contributed by atoms with Crippen LogP contribution in [0.4, 0.5) is 0 Å². The fraction of sp³-hybridized carbons (Fsp3) is 0.571. The number of nitrogens with one attached hydrogen (secondary N) is 1. The van der Waals surface area contributed by atoms with Crippen molar-refractivity contribution in [2.45, 2.75) is 26.8 Å². The van der Waals surface area contributed by atoms with E-state index in [1.54, 1.807) is 0 Å². The molecule has 19 heavy (non-hydrogen) atoms. The van der Waals surface area contributed by atoms with E-state index in [1.807, 2.05) is 26.0 Å². The number of rotatable bonds is 9. The van der Waals surface area contributed by atoms with E-state index in [0.717, 1.165) is 38.3 Å². The van der Waals surface area contributed by atoms with E-state index in [0.29, 0.717) is 22.4 Å². The van der Waals surface area contributed by atoms with Gasteiger partial charge in [0, 0.05) is 19.8 Å². The maximum Gasteiger partial charge on any atom is 0.156 e. The van der Waals surface area contributed by atoms with E-state index >= 15 is 0 Å². The molecule has 108 valence electrons. The molecule has 0 radical (unpaired) electrons. The molecule has 0 aliphatic heterocycles. The first-order valence-corrected chi connectivity index (χ1v) is 7.33. The summed E-state index contributed by atoms with van der Waals surface area (Å²) in [6.07, 6.45) is 0.992. The van der Waals surface area contributed by atoms with Crippen LogP contribution in [0.1, 0.15) is 25.8 Å². The quantitative estimate of drug-likeness (QED) is 0.702. The van der Waals surface area contributed by atoms with Crippen LogP contribution in [0.15, 0.2) is 12.1 Å². The molecule has 0 aromatic heterocycles. The Morgan fingerprint density at radius 3 is 2.37 bits per heavy atom. The van der Waals surface area contributed by atoms with Gasteiger partial charge in [0.1, 0.15) is 0 Å². The topological polar surface area (TPSA) is 30.5 Å². The Labute approximate surface area is 125 Å². The fourth-order valence-electron chi connectivity index (χ4n) is 1.67. The lowest BCUT2D eigenvalue weighted by Crippen LogP contribution is -2.16. The Morgan fingerprint density at radius 1 is 1.11 bits per heavy atom. The van der Waals surface area contributed by atoms with E-state index in [9.17, 15) is 0 Å². The average molecular weight is 306 g/mol. The summed E-state index contributed by atoms with van der Waals surface area (Å²) in [4.78, 5) is 0. The van der Waals surface area contributed by atoms with Crippen LogP contribution < -0.4 is 10.1 Å². The van der Waals surface area contributed by atoms with Gasteiger partial charge in [-0.3, -0.25) is 0 Å². The van der Waals surface area contributed by atoms with E-state index in [-0.39, 0.29) is 0 Å². The highest BCUT2D eigenvalue weighted by atomic mass is 35.5. The Morgan fingerprint density at radius 2 is 1.79 bits per heavy atom. The highest BCUT2D eigenvalue weighted by molar-refractivity contribution is 6.37. The van der Waals surface area contributed by atoms with Gasteiger partial charge in [0.05, 0.1) is 16.7 Å². The molecule has 1 aromatic carbocycles. The highest BCUT2D eigenvalue weighted by Gasteiger charge is 2.08. The minimum Gasteiger partial charge on any atom is -0.491 e. The van der Waals surface area contributed by atoms with Crippen LogP contribution in [0.25, 0.3) is 0 Å². The molecule has 0 atom stereocenters. The van der Waals surface area contributed by atoms with Crippen LogP contribution in [-0.4, -0.2) is 26.4 Å². The molecule has 1 aromatic rings. The van der Waals surface area contributed by atoms with Crippen LogP contribution in [0.2, 0.25) is 10.0 Å². The second-order valence-corrected chi connectivity index (χ2v) is 4.86. The monoisotopic (exact) mass is 305 g/mol. The van der Waals surface area contributed by atoms with Crippen molar-refractivity contribution in [1.29, 1.82) is 0 Å². The van der Waals surface area contributed by atoms with Gasteiger partial charge < -0.3 is 14.8 Å². The molecule has 3 nitrogen and oxygen atoms in total. The van der Waals surface area contributed by atoms with Gasteiger partial charge in [-0.25, -0.2) is 0 Å². The minimum atomic E-state index is 0.550. The first kappa shape index (κ1) is 16.6. The summed E-state index contributed by atoms with van der Waals surface area (Å²) in [5.41, 5.74) is 1.05. The third-order valence-electron chi connectivity index (χ3n) is 2.52. The summed E-state index contributed by atoms with van der Waals surface area (Å²) < 4.78 is 10.7. The van der Waals surface area contributed by atoms with Crippen molar-refractivity contribution in [1.82, 2.24) is 5.32 Å². The lowest BCUT2D eigenvalue weighted by Gasteiger charge is -2.11. The molecule has 1 N–H and O–H groups in total. The fourth-order valence-corrected chi connectivity index (χ4v) is 2.31. The van der Waals surface area contributed by atoms with Gasteiger partial charge in [-0.15, -0.1) is 0 Å². The average Bonchev–Trinajstić information content (AvgIpc) is 2.38. The first-order chi connectivity index (χ1) is 9.19. The van der Waals surface area contributed by atoms with E-state index < -0.39 is 0 Å². The van der Waals surface area contributed by atoms with Gasteiger partial charge in [0.25, 0.3) is 0 Å². The summed E-state index contributed by atoms with van der Waals surface area (Å²) >= 11 is 12.3. The van der Waals surface area contributed by atoms with Gasteiger partial charge >= 0.3 is 0 Å². The van der Waals surface area contributed by atoms with Crippen LogP contribution in [-0.2, 0) is 11.3 Å². The Kier molecular flexibility index (Phi) is 8.22. The van der Waals surface area contributed by atoms with Crippen molar-refractivity contribution in [2.75, 3.05) is 26.4 Å². The molecular formula is C14H21Cl2NO2. The number of ether oxygens (including phenoxy) is 2. The summed E-state index contributed by atoms with van der Waals surface area (Å²) in [7, 11) is 0. The normalized spacial score (nSPS) is 10.7. The van der Waals surface area contributed by atoms with Crippen molar-refractivity contribution < 1.29 is 9.47 Å². The molecule has 0 aliphatic rings. The highest BCUT2D eigenvalue weighted by Crippen LogP contribution is 2.34. The number of hydrogen-bond acceptors (Lipinski definition) is 3. The van der Waals surface area contributed by atoms with Crippen LogP contribution >= 0.6 is 23.2 Å². The summed E-state index contributed by atoms with van der Waals surface area (Å²) in [6.45, 7) is 7.64. The largest absolute Gasteiger partial charge is 0.491 e. The molecule has 0 spiro atoms. The van der Waals surface area contributed by atoms with E-state index in [1.165, 1.54) is 0 Å². The van der Waals surface area contributed by atoms with Crippen molar-refractivity contribution >= 4 is 23.2 Å². The molecule has 0 saturated heterocycles. The van der Waals surface area contributed by atoms with Gasteiger partial charge in [0.15, 0.2) is 5.75 Å². The molecule has 0 aliphatic carbocycles. The van der Waals surface area contributed by atoms with Gasteiger partial charge in [-0.1, -0.05) is 23.2 Å². The van der Waals surface area contributed by atoms with Crippen LogP contribution in [0, 0.1) is 0 Å². The number of halogens is 2. The second kappa shape index (κ2) is 9.43. The third kappa shape index (κ3) is 6.00. The molecule has 0 heterocycles. The Balaban J connectivity index is 2.42. The smallest absolute Gasteiger partial charge is 0.156 e. The number of benzene rings is 1.